The first-order valence-corrected chi connectivity index (χ1v) is 6.28. The van der Waals surface area contributed by atoms with Crippen LogP contribution in [0.5, 0.6) is 0 Å². The highest BCUT2D eigenvalue weighted by Crippen LogP contribution is 2.15. The van der Waals surface area contributed by atoms with Crippen molar-refractivity contribution >= 4 is 0 Å². The van der Waals surface area contributed by atoms with E-state index in [1.165, 1.54) is 29.5 Å². The average Bonchev–Trinajstić information content (AvgIpc) is 2.34. The van der Waals surface area contributed by atoms with Crippen LogP contribution in [0.1, 0.15) is 35.7 Å². The normalized spacial score (nSPS) is 10.5. The molecule has 1 nitrogen and oxygen atoms in total. The Hall–Kier alpha value is -1.63. The molecule has 2 rings (SSSR count). The number of aromatic nitrogens is 1. The van der Waals surface area contributed by atoms with Gasteiger partial charge in [-0.25, -0.2) is 0 Å². The fourth-order valence-corrected chi connectivity index (χ4v) is 2.13. The van der Waals surface area contributed by atoms with Crippen molar-refractivity contribution in [3.8, 4) is 0 Å². The SMILES string of the molecule is CCCc1ccc(Cc2ccccn2)cc1C. The number of hydrogen-bond donors (Lipinski definition) is 0. The van der Waals surface area contributed by atoms with E-state index < -0.39 is 0 Å². The number of pyridine rings is 1. The van der Waals surface area contributed by atoms with Gasteiger partial charge in [-0.3, -0.25) is 4.98 Å². The molecule has 0 N–H and O–H groups in total. The largest absolute Gasteiger partial charge is 0.261 e. The maximum Gasteiger partial charge on any atom is 0.0447 e. The number of rotatable bonds is 4. The van der Waals surface area contributed by atoms with E-state index in [4.69, 9.17) is 0 Å². The average molecular weight is 225 g/mol. The Labute approximate surface area is 104 Å². The summed E-state index contributed by atoms with van der Waals surface area (Å²) < 4.78 is 0. The lowest BCUT2D eigenvalue weighted by Gasteiger charge is -2.07. The molecule has 0 radical (unpaired) electrons. The van der Waals surface area contributed by atoms with Crippen molar-refractivity contribution in [2.75, 3.05) is 0 Å². The number of benzene rings is 1. The zero-order valence-corrected chi connectivity index (χ0v) is 10.6. The van der Waals surface area contributed by atoms with E-state index in [9.17, 15) is 0 Å². The van der Waals surface area contributed by atoms with Gasteiger partial charge in [0.05, 0.1) is 0 Å². The third-order valence-corrected chi connectivity index (χ3v) is 3.04. The van der Waals surface area contributed by atoms with E-state index >= 15 is 0 Å². The van der Waals surface area contributed by atoms with Crippen LogP contribution < -0.4 is 0 Å². The quantitative estimate of drug-likeness (QED) is 0.768. The zero-order valence-electron chi connectivity index (χ0n) is 10.6. The van der Waals surface area contributed by atoms with Gasteiger partial charge in [0, 0.05) is 18.3 Å². The van der Waals surface area contributed by atoms with Gasteiger partial charge in [0.25, 0.3) is 0 Å². The van der Waals surface area contributed by atoms with Crippen molar-refractivity contribution in [3.05, 3.63) is 65.0 Å². The Morgan fingerprint density at radius 3 is 2.65 bits per heavy atom. The van der Waals surface area contributed by atoms with Gasteiger partial charge in [0.15, 0.2) is 0 Å². The van der Waals surface area contributed by atoms with Gasteiger partial charge in [-0.2, -0.15) is 0 Å². The van der Waals surface area contributed by atoms with Gasteiger partial charge in [-0.1, -0.05) is 37.6 Å². The van der Waals surface area contributed by atoms with E-state index in [-0.39, 0.29) is 0 Å². The first-order chi connectivity index (χ1) is 8.29. The minimum absolute atomic E-state index is 0.925. The fraction of sp³-hybridized carbons (Fsp3) is 0.312. The molecule has 1 aromatic heterocycles. The highest BCUT2D eigenvalue weighted by atomic mass is 14.7. The molecule has 17 heavy (non-hydrogen) atoms. The Bertz CT molecular complexity index is 474. The highest BCUT2D eigenvalue weighted by molar-refractivity contribution is 5.33. The van der Waals surface area contributed by atoms with Crippen molar-refractivity contribution in [3.63, 3.8) is 0 Å². The molecule has 88 valence electrons. The highest BCUT2D eigenvalue weighted by Gasteiger charge is 2.01. The molecule has 2 aromatic rings. The maximum absolute atomic E-state index is 4.36. The molecular formula is C16H19N. The Kier molecular flexibility index (Phi) is 3.92. The second kappa shape index (κ2) is 5.62. The predicted octanol–water partition coefficient (Wildman–Crippen LogP) is 3.93. The summed E-state index contributed by atoms with van der Waals surface area (Å²) in [5, 5.41) is 0. The summed E-state index contributed by atoms with van der Waals surface area (Å²) in [4.78, 5) is 4.36. The standard InChI is InChI=1S/C16H19N/c1-3-6-15-9-8-14(11-13(15)2)12-16-7-4-5-10-17-16/h4-5,7-11H,3,6,12H2,1-2H3. The Balaban J connectivity index is 2.15. The molecule has 0 amide bonds. The number of nitrogens with zero attached hydrogens (tertiary/aromatic N) is 1. The predicted molar refractivity (Wildman–Crippen MR) is 72.2 cm³/mol. The van der Waals surface area contributed by atoms with Crippen molar-refractivity contribution in [2.45, 2.75) is 33.1 Å². The summed E-state index contributed by atoms with van der Waals surface area (Å²) in [5.41, 5.74) is 5.36. The topological polar surface area (TPSA) is 12.9 Å². The van der Waals surface area contributed by atoms with Gasteiger partial charge >= 0.3 is 0 Å². The molecule has 0 saturated heterocycles. The van der Waals surface area contributed by atoms with Crippen LogP contribution in [-0.2, 0) is 12.8 Å². The third kappa shape index (κ3) is 3.16. The van der Waals surface area contributed by atoms with Crippen LogP contribution in [0.25, 0.3) is 0 Å². The number of hydrogen-bond acceptors (Lipinski definition) is 1. The second-order valence-electron chi connectivity index (χ2n) is 4.51. The van der Waals surface area contributed by atoms with Crippen molar-refractivity contribution in [1.82, 2.24) is 4.98 Å². The monoisotopic (exact) mass is 225 g/mol. The van der Waals surface area contributed by atoms with E-state index in [1.54, 1.807) is 0 Å². The molecule has 0 fully saturated rings. The zero-order chi connectivity index (χ0) is 12.1. The lowest BCUT2D eigenvalue weighted by atomic mass is 9.99. The van der Waals surface area contributed by atoms with Gasteiger partial charge in [0.2, 0.25) is 0 Å². The van der Waals surface area contributed by atoms with Crippen LogP contribution in [0.4, 0.5) is 0 Å². The lowest BCUT2D eigenvalue weighted by Crippen LogP contribution is -1.94. The van der Waals surface area contributed by atoms with E-state index in [0.717, 1.165) is 12.1 Å². The van der Waals surface area contributed by atoms with E-state index in [1.807, 2.05) is 18.3 Å². The van der Waals surface area contributed by atoms with Gasteiger partial charge in [-0.15, -0.1) is 0 Å². The van der Waals surface area contributed by atoms with E-state index in [0.29, 0.717) is 0 Å². The number of aryl methyl sites for hydroxylation is 2. The summed E-state index contributed by atoms with van der Waals surface area (Å²) in [6.45, 7) is 4.42. The molecule has 0 aliphatic heterocycles. The smallest absolute Gasteiger partial charge is 0.0447 e. The molecule has 0 aliphatic carbocycles. The Morgan fingerprint density at radius 2 is 2.00 bits per heavy atom. The summed E-state index contributed by atoms with van der Waals surface area (Å²) in [7, 11) is 0. The molecule has 0 spiro atoms. The molecule has 0 atom stereocenters. The van der Waals surface area contributed by atoms with Crippen molar-refractivity contribution < 1.29 is 0 Å². The third-order valence-electron chi connectivity index (χ3n) is 3.04. The minimum atomic E-state index is 0.925. The van der Waals surface area contributed by atoms with Gasteiger partial charge < -0.3 is 0 Å². The van der Waals surface area contributed by atoms with Crippen LogP contribution in [0.2, 0.25) is 0 Å². The molecule has 0 aliphatic rings. The lowest BCUT2D eigenvalue weighted by molar-refractivity contribution is 0.910. The molecular weight excluding hydrogens is 206 g/mol. The molecule has 1 heteroatoms. The maximum atomic E-state index is 4.36. The summed E-state index contributed by atoms with van der Waals surface area (Å²) in [6, 6.07) is 12.9. The van der Waals surface area contributed by atoms with Gasteiger partial charge in [-0.05, 0) is 42.2 Å². The second-order valence-corrected chi connectivity index (χ2v) is 4.51. The van der Waals surface area contributed by atoms with Crippen molar-refractivity contribution in [1.29, 1.82) is 0 Å². The molecule has 1 heterocycles. The Morgan fingerprint density at radius 1 is 1.12 bits per heavy atom. The summed E-state index contributed by atoms with van der Waals surface area (Å²) >= 11 is 0. The fourth-order valence-electron chi connectivity index (χ4n) is 2.13. The van der Waals surface area contributed by atoms with Crippen LogP contribution in [0, 0.1) is 6.92 Å². The van der Waals surface area contributed by atoms with Crippen LogP contribution in [-0.4, -0.2) is 4.98 Å². The van der Waals surface area contributed by atoms with Crippen LogP contribution in [0.15, 0.2) is 42.6 Å². The first-order valence-electron chi connectivity index (χ1n) is 6.28. The first kappa shape index (κ1) is 11.8. The molecule has 1 aromatic carbocycles. The van der Waals surface area contributed by atoms with Crippen molar-refractivity contribution in [2.24, 2.45) is 0 Å². The minimum Gasteiger partial charge on any atom is -0.261 e. The summed E-state index contributed by atoms with van der Waals surface area (Å²) in [6.07, 6.45) is 5.16. The summed E-state index contributed by atoms with van der Waals surface area (Å²) in [5.74, 6) is 0. The molecule has 0 bridgehead atoms. The van der Waals surface area contributed by atoms with Crippen LogP contribution in [0.3, 0.4) is 0 Å². The molecule has 0 unspecified atom stereocenters. The van der Waals surface area contributed by atoms with Gasteiger partial charge in [0.1, 0.15) is 0 Å². The molecule has 0 saturated carbocycles. The van der Waals surface area contributed by atoms with Crippen LogP contribution >= 0.6 is 0 Å². The van der Waals surface area contributed by atoms with E-state index in [2.05, 4.69) is 43.1 Å².